The van der Waals surface area contributed by atoms with E-state index in [9.17, 15) is 9.59 Å². The topological polar surface area (TPSA) is 85.1 Å². The largest absolute Gasteiger partial charge is 0.483 e. The van der Waals surface area contributed by atoms with Crippen molar-refractivity contribution in [1.82, 2.24) is 5.32 Å². The van der Waals surface area contributed by atoms with Crippen LogP contribution in [0, 0.1) is 6.92 Å². The molecule has 0 radical (unpaired) electrons. The highest BCUT2D eigenvalue weighted by Gasteiger charge is 2.42. The third kappa shape index (κ3) is 5.42. The summed E-state index contributed by atoms with van der Waals surface area (Å²) in [6.45, 7) is 12.8. The Labute approximate surface area is 178 Å². The molecule has 0 unspecified atom stereocenters. The number of nitrogens with two attached hydrogens (primary N) is 1. The summed E-state index contributed by atoms with van der Waals surface area (Å²) in [5.74, 6) is 0.461. The monoisotopic (exact) mass is 415 g/mol. The number of nitrogens with one attached hydrogen (secondary N) is 1. The molecule has 0 spiro atoms. The molecule has 1 aromatic heterocycles. The Hall–Kier alpha value is -2.34. The van der Waals surface area contributed by atoms with E-state index in [1.807, 2.05) is 19.1 Å². The quantitative estimate of drug-likeness (QED) is 0.711. The highest BCUT2D eigenvalue weighted by molar-refractivity contribution is 5.88. The van der Waals surface area contributed by atoms with Crippen LogP contribution in [-0.2, 0) is 11.2 Å². The van der Waals surface area contributed by atoms with E-state index in [1.165, 1.54) is 6.07 Å². The number of benzene rings is 1. The van der Waals surface area contributed by atoms with Gasteiger partial charge in [-0.05, 0) is 64.3 Å². The van der Waals surface area contributed by atoms with Crippen LogP contribution in [0.2, 0.25) is 0 Å². The van der Waals surface area contributed by atoms with Crippen LogP contribution in [0.4, 0.5) is 0 Å². The Bertz CT molecular complexity index is 975. The molecule has 0 saturated carbocycles. The van der Waals surface area contributed by atoms with Crippen LogP contribution >= 0.6 is 0 Å². The molecule has 3 N–H and O–H groups in total. The molecule has 6 nitrogen and oxygen atoms in total. The fourth-order valence-electron chi connectivity index (χ4n) is 5.08. The zero-order valence-corrected chi connectivity index (χ0v) is 19.1. The zero-order chi connectivity index (χ0) is 22.1. The van der Waals surface area contributed by atoms with Crippen molar-refractivity contribution >= 4 is 16.9 Å². The first-order chi connectivity index (χ1) is 14.0. The summed E-state index contributed by atoms with van der Waals surface area (Å²) < 4.78 is 11.4. The summed E-state index contributed by atoms with van der Waals surface area (Å²) in [4.78, 5) is 24.6. The molecule has 1 fully saturated rings. The van der Waals surface area contributed by atoms with Crippen molar-refractivity contribution < 1.29 is 19.3 Å². The van der Waals surface area contributed by atoms with Crippen molar-refractivity contribution in [3.05, 3.63) is 39.7 Å². The number of quaternary nitrogens is 1. The van der Waals surface area contributed by atoms with Gasteiger partial charge in [0.2, 0.25) is 0 Å². The number of rotatable bonds is 6. The summed E-state index contributed by atoms with van der Waals surface area (Å²) >= 11 is 0. The first-order valence-corrected chi connectivity index (χ1v) is 10.8. The van der Waals surface area contributed by atoms with Gasteiger partial charge in [0.1, 0.15) is 11.3 Å². The molecule has 30 heavy (non-hydrogen) atoms. The molecule has 2 heterocycles. The van der Waals surface area contributed by atoms with Gasteiger partial charge in [-0.2, -0.15) is 0 Å². The van der Waals surface area contributed by atoms with Crippen LogP contribution in [0.15, 0.2) is 27.4 Å². The molecule has 6 heteroatoms. The molecule has 1 saturated heterocycles. The number of carbonyl (C=O) groups is 1. The molecular formula is C24H35N2O4+. The average molecular weight is 416 g/mol. The molecule has 1 amide bonds. The number of piperidine rings is 1. The highest BCUT2D eigenvalue weighted by atomic mass is 16.5. The molecule has 3 rings (SSSR count). The van der Waals surface area contributed by atoms with E-state index < -0.39 is 0 Å². The van der Waals surface area contributed by atoms with Crippen LogP contribution in [0.1, 0.15) is 65.0 Å². The summed E-state index contributed by atoms with van der Waals surface area (Å²) in [5.41, 5.74) is 2.12. The Morgan fingerprint density at radius 2 is 1.87 bits per heavy atom. The second kappa shape index (κ2) is 8.42. The van der Waals surface area contributed by atoms with Crippen LogP contribution in [0.3, 0.4) is 0 Å². The fraction of sp³-hybridized carbons (Fsp3) is 0.583. The van der Waals surface area contributed by atoms with Crippen molar-refractivity contribution in [2.24, 2.45) is 0 Å². The van der Waals surface area contributed by atoms with Crippen molar-refractivity contribution in [1.29, 1.82) is 0 Å². The maximum Gasteiger partial charge on any atom is 0.336 e. The fourth-order valence-corrected chi connectivity index (χ4v) is 5.08. The number of amides is 1. The predicted molar refractivity (Wildman–Crippen MR) is 118 cm³/mol. The normalized spacial score (nSPS) is 18.3. The summed E-state index contributed by atoms with van der Waals surface area (Å²) in [6, 6.07) is 5.39. The van der Waals surface area contributed by atoms with E-state index in [0.29, 0.717) is 11.3 Å². The van der Waals surface area contributed by atoms with E-state index in [0.717, 1.165) is 42.2 Å². The van der Waals surface area contributed by atoms with E-state index >= 15 is 0 Å². The third-order valence-electron chi connectivity index (χ3n) is 5.60. The van der Waals surface area contributed by atoms with Crippen molar-refractivity contribution in [2.75, 3.05) is 6.61 Å². The van der Waals surface area contributed by atoms with Crippen LogP contribution in [-0.4, -0.2) is 29.6 Å². The Kier molecular flexibility index (Phi) is 6.27. The number of fused-ring (bicyclic) bond motifs is 1. The van der Waals surface area contributed by atoms with Crippen LogP contribution < -0.4 is 21.0 Å². The van der Waals surface area contributed by atoms with Gasteiger partial charge in [0, 0.05) is 24.9 Å². The van der Waals surface area contributed by atoms with Gasteiger partial charge in [-0.1, -0.05) is 13.3 Å². The van der Waals surface area contributed by atoms with Gasteiger partial charge >= 0.3 is 5.63 Å². The standard InChI is InChI=1S/C24H34N2O4/c1-7-8-16-11-21(28)30-19-10-15(2)9-18(22(16)19)29-14-20(27)25-17-12-23(3,4)26-24(5,6)13-17/h9-11,17,26H,7-8,12-14H2,1-6H3,(H,25,27)/p+1. The summed E-state index contributed by atoms with van der Waals surface area (Å²) in [6.07, 6.45) is 3.48. The lowest BCUT2D eigenvalue weighted by Gasteiger charge is -2.43. The minimum absolute atomic E-state index is 0.0652. The highest BCUT2D eigenvalue weighted by Crippen LogP contribution is 2.30. The van der Waals surface area contributed by atoms with Gasteiger partial charge in [-0.3, -0.25) is 4.79 Å². The van der Waals surface area contributed by atoms with Crippen molar-refractivity contribution in [3.8, 4) is 5.75 Å². The lowest BCUT2D eigenvalue weighted by Crippen LogP contribution is -3.06. The van der Waals surface area contributed by atoms with Crippen molar-refractivity contribution in [2.45, 2.75) is 84.3 Å². The predicted octanol–water partition coefficient (Wildman–Crippen LogP) is 2.83. The van der Waals surface area contributed by atoms with Gasteiger partial charge in [0.15, 0.2) is 6.61 Å². The molecule has 1 aliphatic rings. The Balaban J connectivity index is 1.77. The minimum Gasteiger partial charge on any atom is -0.483 e. The number of hydrogen-bond acceptors (Lipinski definition) is 4. The maximum absolute atomic E-state index is 12.7. The number of aryl methyl sites for hydroxylation is 2. The zero-order valence-electron chi connectivity index (χ0n) is 19.1. The number of ether oxygens (including phenoxy) is 1. The lowest BCUT2D eigenvalue weighted by atomic mass is 9.79. The van der Waals surface area contributed by atoms with Gasteiger partial charge in [0.05, 0.1) is 16.5 Å². The summed E-state index contributed by atoms with van der Waals surface area (Å²) in [7, 11) is 0. The maximum atomic E-state index is 12.7. The van der Waals surface area contributed by atoms with Crippen molar-refractivity contribution in [3.63, 3.8) is 0 Å². The average Bonchev–Trinajstić information content (AvgIpc) is 2.56. The molecular weight excluding hydrogens is 380 g/mol. The first kappa shape index (κ1) is 22.3. The minimum atomic E-state index is -0.362. The van der Waals surface area contributed by atoms with E-state index in [1.54, 1.807) is 0 Å². The van der Waals surface area contributed by atoms with Gasteiger partial charge in [0.25, 0.3) is 5.91 Å². The lowest BCUT2D eigenvalue weighted by molar-refractivity contribution is -0.787. The number of hydrogen-bond donors (Lipinski definition) is 2. The molecule has 164 valence electrons. The van der Waals surface area contributed by atoms with Gasteiger partial charge < -0.3 is 19.8 Å². The molecule has 0 atom stereocenters. The number of carbonyl (C=O) groups excluding carboxylic acids is 1. The smallest absolute Gasteiger partial charge is 0.336 e. The Morgan fingerprint density at radius 1 is 1.20 bits per heavy atom. The third-order valence-corrected chi connectivity index (χ3v) is 5.60. The molecule has 0 bridgehead atoms. The van der Waals surface area contributed by atoms with Crippen LogP contribution in [0.25, 0.3) is 11.0 Å². The molecule has 0 aliphatic carbocycles. The molecule has 2 aromatic rings. The van der Waals surface area contributed by atoms with E-state index in [2.05, 4.69) is 45.3 Å². The summed E-state index contributed by atoms with van der Waals surface area (Å²) in [5, 5.41) is 6.33. The second-order valence-electron chi connectivity index (χ2n) is 10.1. The Morgan fingerprint density at radius 3 is 2.50 bits per heavy atom. The van der Waals surface area contributed by atoms with Gasteiger partial charge in [-0.25, -0.2) is 4.79 Å². The van der Waals surface area contributed by atoms with E-state index in [4.69, 9.17) is 9.15 Å². The molecule has 1 aliphatic heterocycles. The second-order valence-corrected chi connectivity index (χ2v) is 10.1. The molecule has 1 aromatic carbocycles. The van der Waals surface area contributed by atoms with Gasteiger partial charge in [-0.15, -0.1) is 0 Å². The SMILES string of the molecule is CCCc1cc(=O)oc2cc(C)cc(OCC(=O)NC3CC(C)(C)[NH2+]C(C)(C)C3)c12. The van der Waals surface area contributed by atoms with Crippen LogP contribution in [0.5, 0.6) is 5.75 Å². The first-order valence-electron chi connectivity index (χ1n) is 10.8. The van der Waals surface area contributed by atoms with E-state index in [-0.39, 0.29) is 35.3 Å².